The number of nitrogens with one attached hydrogen (secondary N) is 2. The third kappa shape index (κ3) is 5.32. The number of carbonyl (C=O) groups is 2. The molecule has 162 valence electrons. The fraction of sp³-hybridized carbons (Fsp3) is 0.333. The molecule has 0 aromatic heterocycles. The summed E-state index contributed by atoms with van der Waals surface area (Å²) in [5, 5.41) is 14.8. The van der Waals surface area contributed by atoms with Gasteiger partial charge in [0.2, 0.25) is 5.75 Å². The maximum atomic E-state index is 12.9. The fourth-order valence-electron chi connectivity index (χ4n) is 2.64. The standard InChI is InChI=1S/C21H26N2O7/c1-6-30-14-7-8-15(22-20(25)12(2)24)16(11-14)23-21(26)13-9-17(27-3)19(29-5)18(10-13)28-4/h7-12,24H,6H2,1-5H3,(H,22,25)(H,23,26)/t12-/m0/s1. The predicted molar refractivity (Wildman–Crippen MR) is 112 cm³/mol. The van der Waals surface area contributed by atoms with Crippen molar-refractivity contribution in [1.82, 2.24) is 0 Å². The molecule has 0 aliphatic heterocycles. The lowest BCUT2D eigenvalue weighted by molar-refractivity contribution is -0.123. The summed E-state index contributed by atoms with van der Waals surface area (Å²) in [7, 11) is 4.37. The van der Waals surface area contributed by atoms with Crippen LogP contribution in [0.1, 0.15) is 24.2 Å². The molecule has 0 unspecified atom stereocenters. The molecule has 2 amide bonds. The molecule has 30 heavy (non-hydrogen) atoms. The van der Waals surface area contributed by atoms with Gasteiger partial charge in [-0.25, -0.2) is 0 Å². The number of carbonyl (C=O) groups excluding carboxylic acids is 2. The number of ether oxygens (including phenoxy) is 4. The maximum absolute atomic E-state index is 12.9. The van der Waals surface area contributed by atoms with Gasteiger partial charge in [-0.15, -0.1) is 0 Å². The van der Waals surface area contributed by atoms with Gasteiger partial charge in [-0.1, -0.05) is 0 Å². The average Bonchev–Trinajstić information content (AvgIpc) is 2.74. The Hall–Kier alpha value is -3.46. The van der Waals surface area contributed by atoms with E-state index in [1.54, 1.807) is 18.2 Å². The summed E-state index contributed by atoms with van der Waals surface area (Å²) in [5.41, 5.74) is 0.859. The number of hydrogen-bond acceptors (Lipinski definition) is 7. The molecule has 2 aromatic rings. The molecule has 0 fully saturated rings. The molecule has 2 aromatic carbocycles. The first kappa shape index (κ1) is 22.8. The van der Waals surface area contributed by atoms with Gasteiger partial charge in [0.15, 0.2) is 11.5 Å². The quantitative estimate of drug-likeness (QED) is 0.573. The van der Waals surface area contributed by atoms with Crippen molar-refractivity contribution in [1.29, 1.82) is 0 Å². The normalized spacial score (nSPS) is 11.3. The molecular weight excluding hydrogens is 392 g/mol. The van der Waals surface area contributed by atoms with Crippen molar-refractivity contribution < 1.29 is 33.6 Å². The topological polar surface area (TPSA) is 115 Å². The number of anilines is 2. The Morgan fingerprint density at radius 2 is 1.60 bits per heavy atom. The molecule has 2 rings (SSSR count). The zero-order valence-electron chi connectivity index (χ0n) is 17.6. The third-order valence-corrected chi connectivity index (χ3v) is 4.11. The molecule has 0 radical (unpaired) electrons. The number of hydrogen-bond donors (Lipinski definition) is 3. The summed E-state index contributed by atoms with van der Waals surface area (Å²) >= 11 is 0. The van der Waals surface area contributed by atoms with Gasteiger partial charge in [0, 0.05) is 11.6 Å². The second kappa shape index (κ2) is 10.4. The third-order valence-electron chi connectivity index (χ3n) is 4.11. The Balaban J connectivity index is 2.41. The van der Waals surface area contributed by atoms with Gasteiger partial charge in [-0.05, 0) is 38.1 Å². The number of methoxy groups -OCH3 is 3. The minimum Gasteiger partial charge on any atom is -0.494 e. The van der Waals surface area contributed by atoms with Gasteiger partial charge in [0.25, 0.3) is 11.8 Å². The van der Waals surface area contributed by atoms with Gasteiger partial charge >= 0.3 is 0 Å². The van der Waals surface area contributed by atoms with E-state index in [-0.39, 0.29) is 5.56 Å². The first-order valence-corrected chi connectivity index (χ1v) is 9.21. The Kier molecular flexibility index (Phi) is 7.88. The first-order valence-electron chi connectivity index (χ1n) is 9.21. The smallest absolute Gasteiger partial charge is 0.256 e. The molecular formula is C21H26N2O7. The lowest BCUT2D eigenvalue weighted by Gasteiger charge is -2.16. The largest absolute Gasteiger partial charge is 0.494 e. The molecule has 0 aliphatic carbocycles. The number of amides is 2. The van der Waals surface area contributed by atoms with E-state index in [4.69, 9.17) is 18.9 Å². The Morgan fingerprint density at radius 3 is 2.10 bits per heavy atom. The number of rotatable bonds is 9. The van der Waals surface area contributed by atoms with Gasteiger partial charge in [0.1, 0.15) is 11.9 Å². The average molecular weight is 418 g/mol. The van der Waals surface area contributed by atoms with Crippen molar-refractivity contribution in [2.24, 2.45) is 0 Å². The number of benzene rings is 2. The minimum atomic E-state index is -1.21. The van der Waals surface area contributed by atoms with Gasteiger partial charge < -0.3 is 34.7 Å². The molecule has 0 saturated carbocycles. The van der Waals surface area contributed by atoms with Gasteiger partial charge in [-0.2, -0.15) is 0 Å². The van der Waals surface area contributed by atoms with E-state index in [9.17, 15) is 14.7 Å². The van der Waals surface area contributed by atoms with Crippen molar-refractivity contribution in [3.63, 3.8) is 0 Å². The SMILES string of the molecule is CCOc1ccc(NC(=O)[C@H](C)O)c(NC(=O)c2cc(OC)c(OC)c(OC)c2)c1. The molecule has 0 spiro atoms. The first-order chi connectivity index (χ1) is 14.3. The Labute approximate surface area is 174 Å². The van der Waals surface area contributed by atoms with E-state index >= 15 is 0 Å². The monoisotopic (exact) mass is 418 g/mol. The highest BCUT2D eigenvalue weighted by Crippen LogP contribution is 2.38. The second-order valence-corrected chi connectivity index (χ2v) is 6.17. The Bertz CT molecular complexity index is 887. The van der Waals surface area contributed by atoms with Crippen molar-refractivity contribution >= 4 is 23.2 Å². The summed E-state index contributed by atoms with van der Waals surface area (Å²) < 4.78 is 21.3. The van der Waals surface area contributed by atoms with Crippen LogP contribution in [0.2, 0.25) is 0 Å². The highest BCUT2D eigenvalue weighted by Gasteiger charge is 2.19. The Morgan fingerprint density at radius 1 is 0.967 bits per heavy atom. The van der Waals surface area contributed by atoms with Crippen LogP contribution in [-0.4, -0.2) is 51.0 Å². The van der Waals surface area contributed by atoms with E-state index in [0.717, 1.165) is 0 Å². The summed E-state index contributed by atoms with van der Waals surface area (Å²) in [5.74, 6) is 0.436. The van der Waals surface area contributed by atoms with Crippen molar-refractivity contribution in [2.45, 2.75) is 20.0 Å². The molecule has 1 atom stereocenters. The van der Waals surface area contributed by atoms with Gasteiger partial charge in [0.05, 0.1) is 39.3 Å². The number of aliphatic hydroxyl groups excluding tert-OH is 1. The zero-order chi connectivity index (χ0) is 22.3. The summed E-state index contributed by atoms with van der Waals surface area (Å²) in [6.45, 7) is 3.61. The van der Waals surface area contributed by atoms with Crippen LogP contribution in [0.4, 0.5) is 11.4 Å². The maximum Gasteiger partial charge on any atom is 0.256 e. The van der Waals surface area contributed by atoms with Crippen LogP contribution in [0.5, 0.6) is 23.0 Å². The van der Waals surface area contributed by atoms with E-state index in [1.807, 2.05) is 6.92 Å². The summed E-state index contributed by atoms with van der Waals surface area (Å²) in [6, 6.07) is 7.83. The summed E-state index contributed by atoms with van der Waals surface area (Å²) in [6.07, 6.45) is -1.21. The van der Waals surface area contributed by atoms with Crippen LogP contribution < -0.4 is 29.6 Å². The highest BCUT2D eigenvalue weighted by atomic mass is 16.5. The van der Waals surface area contributed by atoms with Crippen molar-refractivity contribution in [3.8, 4) is 23.0 Å². The molecule has 3 N–H and O–H groups in total. The van der Waals surface area contributed by atoms with Crippen LogP contribution in [0.15, 0.2) is 30.3 Å². The fourth-order valence-corrected chi connectivity index (χ4v) is 2.64. The molecule has 0 saturated heterocycles. The van der Waals surface area contributed by atoms with E-state index in [2.05, 4.69) is 10.6 Å². The second-order valence-electron chi connectivity index (χ2n) is 6.17. The van der Waals surface area contributed by atoms with E-state index in [0.29, 0.717) is 41.0 Å². The predicted octanol–water partition coefficient (Wildman–Crippen LogP) is 2.68. The molecule has 0 bridgehead atoms. The zero-order valence-corrected chi connectivity index (χ0v) is 17.6. The van der Waals surface area contributed by atoms with Crippen LogP contribution in [0, 0.1) is 0 Å². The number of aliphatic hydroxyl groups is 1. The van der Waals surface area contributed by atoms with E-state index < -0.39 is 17.9 Å². The molecule has 0 heterocycles. The van der Waals surface area contributed by atoms with Crippen LogP contribution >= 0.6 is 0 Å². The van der Waals surface area contributed by atoms with Crippen LogP contribution in [-0.2, 0) is 4.79 Å². The van der Waals surface area contributed by atoms with Crippen LogP contribution in [0.3, 0.4) is 0 Å². The lowest BCUT2D eigenvalue weighted by Crippen LogP contribution is -2.25. The highest BCUT2D eigenvalue weighted by molar-refractivity contribution is 6.08. The van der Waals surface area contributed by atoms with Crippen LogP contribution in [0.25, 0.3) is 0 Å². The van der Waals surface area contributed by atoms with Gasteiger partial charge in [-0.3, -0.25) is 9.59 Å². The summed E-state index contributed by atoms with van der Waals surface area (Å²) in [4.78, 5) is 24.8. The van der Waals surface area contributed by atoms with Crippen molar-refractivity contribution in [3.05, 3.63) is 35.9 Å². The molecule has 9 heteroatoms. The van der Waals surface area contributed by atoms with Crippen molar-refractivity contribution in [2.75, 3.05) is 38.6 Å². The molecule has 9 nitrogen and oxygen atoms in total. The minimum absolute atomic E-state index is 0.249. The molecule has 0 aliphatic rings. The van der Waals surface area contributed by atoms with E-state index in [1.165, 1.54) is 40.4 Å². The lowest BCUT2D eigenvalue weighted by atomic mass is 10.1.